The molecule has 1 N–H and O–H groups in total. The lowest BCUT2D eigenvalue weighted by molar-refractivity contribution is 0.0697. The summed E-state index contributed by atoms with van der Waals surface area (Å²) in [6, 6.07) is 7.02. The van der Waals surface area contributed by atoms with E-state index in [0.717, 1.165) is 35.0 Å². The molecule has 1 aliphatic rings. The molecule has 0 atom stereocenters. The van der Waals surface area contributed by atoms with Gasteiger partial charge in [-0.2, -0.15) is 5.10 Å². The first kappa shape index (κ1) is 12.9. The van der Waals surface area contributed by atoms with Gasteiger partial charge in [-0.3, -0.25) is 4.68 Å². The minimum atomic E-state index is -0.894. The van der Waals surface area contributed by atoms with E-state index in [1.54, 1.807) is 12.1 Å². The van der Waals surface area contributed by atoms with Crippen molar-refractivity contribution in [2.45, 2.75) is 33.2 Å². The van der Waals surface area contributed by atoms with Crippen LogP contribution in [0.4, 0.5) is 0 Å². The molecule has 0 aliphatic heterocycles. The van der Waals surface area contributed by atoms with E-state index in [-0.39, 0.29) is 0 Å². The Labute approximate surface area is 118 Å². The Kier molecular flexibility index (Phi) is 3.08. The normalized spacial score (nSPS) is 14.5. The average Bonchev–Trinajstić information content (AvgIpc) is 3.17. The van der Waals surface area contributed by atoms with E-state index in [0.29, 0.717) is 5.56 Å². The molecule has 4 heteroatoms. The summed E-state index contributed by atoms with van der Waals surface area (Å²) in [5.74, 6) is -0.107. The fourth-order valence-electron chi connectivity index (χ4n) is 2.62. The molecule has 104 valence electrons. The molecule has 1 aliphatic carbocycles. The Morgan fingerprint density at radius 3 is 2.50 bits per heavy atom. The second-order valence-electron chi connectivity index (χ2n) is 5.55. The minimum Gasteiger partial charge on any atom is -0.478 e. The Morgan fingerprint density at radius 1 is 1.30 bits per heavy atom. The molecule has 0 spiro atoms. The Bertz CT molecular complexity index is 652. The standard InChI is InChI=1S/C16H18N2O2/c1-10-15(11(2)18(17-10)9-12-3-4-12)13-5-7-14(8-6-13)16(19)20/h5-8,12H,3-4,9H2,1-2H3,(H,19,20). The molecule has 4 nitrogen and oxygen atoms in total. The average molecular weight is 270 g/mol. The SMILES string of the molecule is Cc1nn(CC2CC2)c(C)c1-c1ccc(C(=O)O)cc1. The van der Waals surface area contributed by atoms with Crippen LogP contribution in [0, 0.1) is 19.8 Å². The van der Waals surface area contributed by atoms with Crippen molar-refractivity contribution in [2.75, 3.05) is 0 Å². The van der Waals surface area contributed by atoms with Crippen LogP contribution in [-0.2, 0) is 6.54 Å². The number of carbonyl (C=O) groups is 1. The lowest BCUT2D eigenvalue weighted by atomic mass is 10.0. The summed E-state index contributed by atoms with van der Waals surface area (Å²) >= 11 is 0. The summed E-state index contributed by atoms with van der Waals surface area (Å²) in [4.78, 5) is 10.9. The van der Waals surface area contributed by atoms with E-state index < -0.39 is 5.97 Å². The Hall–Kier alpha value is -2.10. The van der Waals surface area contributed by atoms with Gasteiger partial charge in [0.05, 0.1) is 11.3 Å². The fraction of sp³-hybridized carbons (Fsp3) is 0.375. The first-order valence-electron chi connectivity index (χ1n) is 6.94. The maximum absolute atomic E-state index is 10.9. The first-order chi connectivity index (χ1) is 9.56. The van der Waals surface area contributed by atoms with E-state index in [1.807, 2.05) is 19.1 Å². The van der Waals surface area contributed by atoms with E-state index in [1.165, 1.54) is 12.8 Å². The van der Waals surface area contributed by atoms with Crippen LogP contribution < -0.4 is 0 Å². The van der Waals surface area contributed by atoms with E-state index in [4.69, 9.17) is 5.11 Å². The van der Waals surface area contributed by atoms with E-state index in [9.17, 15) is 4.79 Å². The van der Waals surface area contributed by atoms with Crippen molar-refractivity contribution in [1.82, 2.24) is 9.78 Å². The topological polar surface area (TPSA) is 55.1 Å². The Morgan fingerprint density at radius 2 is 1.95 bits per heavy atom. The van der Waals surface area contributed by atoms with Gasteiger partial charge < -0.3 is 5.11 Å². The summed E-state index contributed by atoms with van der Waals surface area (Å²) in [5, 5.41) is 13.6. The molecule has 1 aromatic heterocycles. The molecule has 1 fully saturated rings. The molecular weight excluding hydrogens is 252 g/mol. The smallest absolute Gasteiger partial charge is 0.335 e. The second kappa shape index (κ2) is 4.78. The molecule has 2 aromatic rings. The summed E-state index contributed by atoms with van der Waals surface area (Å²) < 4.78 is 2.09. The molecule has 20 heavy (non-hydrogen) atoms. The van der Waals surface area contributed by atoms with Crippen molar-refractivity contribution in [1.29, 1.82) is 0 Å². The van der Waals surface area contributed by atoms with Gasteiger partial charge >= 0.3 is 5.97 Å². The van der Waals surface area contributed by atoms with Gasteiger partial charge in [-0.05, 0) is 50.3 Å². The number of rotatable bonds is 4. The van der Waals surface area contributed by atoms with Crippen LogP contribution in [0.15, 0.2) is 24.3 Å². The molecule has 1 saturated carbocycles. The van der Waals surface area contributed by atoms with Crippen molar-refractivity contribution < 1.29 is 9.90 Å². The zero-order valence-corrected chi connectivity index (χ0v) is 11.8. The minimum absolute atomic E-state index is 0.314. The second-order valence-corrected chi connectivity index (χ2v) is 5.55. The van der Waals surface area contributed by atoms with Gasteiger partial charge in [-0.25, -0.2) is 4.79 Å². The quantitative estimate of drug-likeness (QED) is 0.927. The van der Waals surface area contributed by atoms with Crippen molar-refractivity contribution in [3.63, 3.8) is 0 Å². The number of hydrogen-bond acceptors (Lipinski definition) is 2. The number of carboxylic acid groups (broad SMARTS) is 1. The third-order valence-electron chi connectivity index (χ3n) is 3.93. The lowest BCUT2D eigenvalue weighted by Crippen LogP contribution is -2.04. The number of carboxylic acids is 1. The van der Waals surface area contributed by atoms with Crippen LogP contribution in [0.3, 0.4) is 0 Å². The van der Waals surface area contributed by atoms with Crippen LogP contribution >= 0.6 is 0 Å². The molecule has 0 bridgehead atoms. The van der Waals surface area contributed by atoms with Crippen LogP contribution in [0.25, 0.3) is 11.1 Å². The third kappa shape index (κ3) is 2.33. The predicted molar refractivity (Wildman–Crippen MR) is 76.8 cm³/mol. The van der Waals surface area contributed by atoms with Gasteiger partial charge in [0.1, 0.15) is 0 Å². The number of aryl methyl sites for hydroxylation is 1. The van der Waals surface area contributed by atoms with Gasteiger partial charge in [-0.1, -0.05) is 12.1 Å². The highest BCUT2D eigenvalue weighted by Gasteiger charge is 2.24. The zero-order valence-electron chi connectivity index (χ0n) is 11.8. The van der Waals surface area contributed by atoms with Crippen molar-refractivity contribution in [3.05, 3.63) is 41.2 Å². The fourth-order valence-corrected chi connectivity index (χ4v) is 2.62. The summed E-state index contributed by atoms with van der Waals surface area (Å²) in [7, 11) is 0. The monoisotopic (exact) mass is 270 g/mol. The van der Waals surface area contributed by atoms with Gasteiger partial charge in [0.25, 0.3) is 0 Å². The number of benzene rings is 1. The maximum atomic E-state index is 10.9. The van der Waals surface area contributed by atoms with Crippen molar-refractivity contribution in [3.8, 4) is 11.1 Å². The van der Waals surface area contributed by atoms with Gasteiger partial charge in [0.2, 0.25) is 0 Å². The number of aromatic carboxylic acids is 1. The van der Waals surface area contributed by atoms with Gasteiger partial charge in [0.15, 0.2) is 0 Å². The molecule has 0 amide bonds. The Balaban J connectivity index is 1.96. The highest BCUT2D eigenvalue weighted by molar-refractivity contribution is 5.88. The van der Waals surface area contributed by atoms with Crippen molar-refractivity contribution >= 4 is 5.97 Å². The highest BCUT2D eigenvalue weighted by atomic mass is 16.4. The zero-order chi connectivity index (χ0) is 14.3. The summed E-state index contributed by atoms with van der Waals surface area (Å²) in [6.45, 7) is 5.10. The number of nitrogens with zero attached hydrogens (tertiary/aromatic N) is 2. The summed E-state index contributed by atoms with van der Waals surface area (Å²) in [5.41, 5.74) is 4.65. The number of aromatic nitrogens is 2. The molecule has 1 aromatic carbocycles. The number of hydrogen-bond donors (Lipinski definition) is 1. The lowest BCUT2D eigenvalue weighted by Gasteiger charge is -2.05. The largest absolute Gasteiger partial charge is 0.478 e. The van der Waals surface area contributed by atoms with Crippen molar-refractivity contribution in [2.24, 2.45) is 5.92 Å². The first-order valence-corrected chi connectivity index (χ1v) is 6.94. The third-order valence-corrected chi connectivity index (χ3v) is 3.93. The molecule has 0 unspecified atom stereocenters. The van der Waals surface area contributed by atoms with Gasteiger partial charge in [0, 0.05) is 17.8 Å². The molecule has 0 radical (unpaired) electrons. The van der Waals surface area contributed by atoms with Crippen LogP contribution in [0.1, 0.15) is 34.6 Å². The van der Waals surface area contributed by atoms with Crippen LogP contribution in [0.5, 0.6) is 0 Å². The van der Waals surface area contributed by atoms with Crippen LogP contribution in [-0.4, -0.2) is 20.9 Å². The summed E-state index contributed by atoms with van der Waals surface area (Å²) in [6.07, 6.45) is 2.61. The molecule has 3 rings (SSSR count). The van der Waals surface area contributed by atoms with Crippen LogP contribution in [0.2, 0.25) is 0 Å². The molecule has 1 heterocycles. The predicted octanol–water partition coefficient (Wildman–Crippen LogP) is 3.28. The maximum Gasteiger partial charge on any atom is 0.335 e. The van der Waals surface area contributed by atoms with E-state index in [2.05, 4.69) is 16.7 Å². The van der Waals surface area contributed by atoms with Gasteiger partial charge in [-0.15, -0.1) is 0 Å². The highest BCUT2D eigenvalue weighted by Crippen LogP contribution is 2.33. The van der Waals surface area contributed by atoms with E-state index >= 15 is 0 Å². The molecule has 0 saturated heterocycles. The molecular formula is C16H18N2O2.